The van der Waals surface area contributed by atoms with Gasteiger partial charge in [-0.15, -0.1) is 0 Å². The first-order chi connectivity index (χ1) is 7.89. The standard InChI is InChI=1S/C15H24O2/c1-12(2)16-10-11-17-14-8-6-13(7-9-14)15(3,4)5/h6-9,12H,10-11H2,1-5H3. The van der Waals surface area contributed by atoms with E-state index >= 15 is 0 Å². The Balaban J connectivity index is 2.41. The van der Waals surface area contributed by atoms with Crippen molar-refractivity contribution >= 4 is 0 Å². The molecule has 0 aliphatic heterocycles. The quantitative estimate of drug-likeness (QED) is 0.724. The minimum atomic E-state index is 0.194. The zero-order valence-corrected chi connectivity index (χ0v) is 11.6. The maximum Gasteiger partial charge on any atom is 0.119 e. The Hall–Kier alpha value is -1.02. The smallest absolute Gasteiger partial charge is 0.119 e. The summed E-state index contributed by atoms with van der Waals surface area (Å²) in [5, 5.41) is 0. The van der Waals surface area contributed by atoms with Crippen LogP contribution < -0.4 is 4.74 Å². The van der Waals surface area contributed by atoms with Crippen molar-refractivity contribution in [3.8, 4) is 5.75 Å². The van der Waals surface area contributed by atoms with Crippen LogP contribution >= 0.6 is 0 Å². The van der Waals surface area contributed by atoms with Crippen LogP contribution in [0.25, 0.3) is 0 Å². The fourth-order valence-electron chi connectivity index (χ4n) is 1.49. The Bertz CT molecular complexity index is 320. The minimum absolute atomic E-state index is 0.194. The molecule has 0 N–H and O–H groups in total. The normalized spacial score (nSPS) is 11.9. The van der Waals surface area contributed by atoms with E-state index in [1.54, 1.807) is 0 Å². The molecule has 0 bridgehead atoms. The second-order valence-electron chi connectivity index (χ2n) is 5.54. The molecule has 0 atom stereocenters. The van der Waals surface area contributed by atoms with Crippen LogP contribution in [-0.2, 0) is 10.2 Å². The summed E-state index contributed by atoms with van der Waals surface area (Å²) in [7, 11) is 0. The molecule has 0 aliphatic carbocycles. The maximum absolute atomic E-state index is 5.60. The molecule has 0 spiro atoms. The maximum atomic E-state index is 5.60. The average Bonchev–Trinajstić information content (AvgIpc) is 2.23. The molecule has 1 aromatic rings. The molecular weight excluding hydrogens is 212 g/mol. The highest BCUT2D eigenvalue weighted by atomic mass is 16.5. The van der Waals surface area contributed by atoms with Gasteiger partial charge in [0.25, 0.3) is 0 Å². The second-order valence-corrected chi connectivity index (χ2v) is 5.54. The van der Waals surface area contributed by atoms with Gasteiger partial charge >= 0.3 is 0 Å². The van der Waals surface area contributed by atoms with Crippen molar-refractivity contribution in [1.82, 2.24) is 0 Å². The second kappa shape index (κ2) is 6.06. The van der Waals surface area contributed by atoms with Crippen LogP contribution in [0.2, 0.25) is 0 Å². The van der Waals surface area contributed by atoms with Gasteiger partial charge in [-0.1, -0.05) is 32.9 Å². The first kappa shape index (κ1) is 14.0. The monoisotopic (exact) mass is 236 g/mol. The van der Waals surface area contributed by atoms with E-state index in [0.29, 0.717) is 13.2 Å². The molecule has 96 valence electrons. The molecule has 0 aliphatic rings. The van der Waals surface area contributed by atoms with Gasteiger partial charge in [-0.3, -0.25) is 0 Å². The van der Waals surface area contributed by atoms with Crippen molar-refractivity contribution in [1.29, 1.82) is 0 Å². The van der Waals surface area contributed by atoms with E-state index in [0.717, 1.165) is 5.75 Å². The number of ether oxygens (including phenoxy) is 2. The molecule has 2 heteroatoms. The summed E-state index contributed by atoms with van der Waals surface area (Å²) in [6.07, 6.45) is 0.266. The number of hydrogen-bond donors (Lipinski definition) is 0. The van der Waals surface area contributed by atoms with Gasteiger partial charge in [-0.05, 0) is 37.0 Å². The van der Waals surface area contributed by atoms with Crippen LogP contribution in [0.3, 0.4) is 0 Å². The molecule has 0 radical (unpaired) electrons. The van der Waals surface area contributed by atoms with Gasteiger partial charge in [0.15, 0.2) is 0 Å². The lowest BCUT2D eigenvalue weighted by molar-refractivity contribution is 0.0552. The molecule has 0 aromatic heterocycles. The Morgan fingerprint density at radius 3 is 2.06 bits per heavy atom. The van der Waals surface area contributed by atoms with Gasteiger partial charge in [0, 0.05) is 0 Å². The molecule has 1 aromatic carbocycles. The highest BCUT2D eigenvalue weighted by Crippen LogP contribution is 2.24. The third-order valence-electron chi connectivity index (χ3n) is 2.52. The third kappa shape index (κ3) is 5.22. The molecule has 0 unspecified atom stereocenters. The van der Waals surface area contributed by atoms with Gasteiger partial charge < -0.3 is 9.47 Å². The van der Waals surface area contributed by atoms with Crippen LogP contribution in [-0.4, -0.2) is 19.3 Å². The van der Waals surface area contributed by atoms with E-state index in [1.165, 1.54) is 5.56 Å². The van der Waals surface area contributed by atoms with E-state index in [4.69, 9.17) is 9.47 Å². The fraction of sp³-hybridized carbons (Fsp3) is 0.600. The van der Waals surface area contributed by atoms with Gasteiger partial charge in [-0.25, -0.2) is 0 Å². The topological polar surface area (TPSA) is 18.5 Å². The van der Waals surface area contributed by atoms with E-state index in [9.17, 15) is 0 Å². The van der Waals surface area contributed by atoms with Crippen molar-refractivity contribution in [2.24, 2.45) is 0 Å². The van der Waals surface area contributed by atoms with Gasteiger partial charge in [0.2, 0.25) is 0 Å². The third-order valence-corrected chi connectivity index (χ3v) is 2.52. The summed E-state index contributed by atoms with van der Waals surface area (Å²) >= 11 is 0. The minimum Gasteiger partial charge on any atom is -0.491 e. The van der Waals surface area contributed by atoms with Gasteiger partial charge in [-0.2, -0.15) is 0 Å². The Kier molecular flexibility index (Phi) is 5.01. The summed E-state index contributed by atoms with van der Waals surface area (Å²) in [6.45, 7) is 11.9. The molecule has 0 saturated heterocycles. The summed E-state index contributed by atoms with van der Waals surface area (Å²) in [5.41, 5.74) is 1.52. The summed E-state index contributed by atoms with van der Waals surface area (Å²) in [4.78, 5) is 0. The van der Waals surface area contributed by atoms with Crippen molar-refractivity contribution in [2.45, 2.75) is 46.1 Å². The van der Waals surface area contributed by atoms with Crippen molar-refractivity contribution < 1.29 is 9.47 Å². The van der Waals surface area contributed by atoms with E-state index < -0.39 is 0 Å². The molecule has 2 nitrogen and oxygen atoms in total. The zero-order valence-electron chi connectivity index (χ0n) is 11.6. The van der Waals surface area contributed by atoms with Crippen LogP contribution in [0.4, 0.5) is 0 Å². The molecule has 0 fully saturated rings. The van der Waals surface area contributed by atoms with Gasteiger partial charge in [0.05, 0.1) is 12.7 Å². The Morgan fingerprint density at radius 2 is 1.59 bits per heavy atom. The Morgan fingerprint density at radius 1 is 1.00 bits per heavy atom. The summed E-state index contributed by atoms with van der Waals surface area (Å²) in [5.74, 6) is 0.908. The van der Waals surface area contributed by atoms with Crippen molar-refractivity contribution in [3.05, 3.63) is 29.8 Å². The molecule has 1 rings (SSSR count). The zero-order chi connectivity index (χ0) is 12.9. The van der Waals surface area contributed by atoms with Crippen LogP contribution in [0, 0.1) is 0 Å². The fourth-order valence-corrected chi connectivity index (χ4v) is 1.49. The number of benzene rings is 1. The molecule has 17 heavy (non-hydrogen) atoms. The number of rotatable bonds is 5. The van der Waals surface area contributed by atoms with E-state index in [1.807, 2.05) is 26.0 Å². The molecule has 0 saturated carbocycles. The van der Waals surface area contributed by atoms with Crippen molar-refractivity contribution in [3.63, 3.8) is 0 Å². The first-order valence-electron chi connectivity index (χ1n) is 6.24. The lowest BCUT2D eigenvalue weighted by Gasteiger charge is -2.19. The summed E-state index contributed by atoms with van der Waals surface area (Å²) in [6, 6.07) is 8.29. The van der Waals surface area contributed by atoms with Crippen molar-refractivity contribution in [2.75, 3.05) is 13.2 Å². The Labute approximate surface area is 105 Å². The van der Waals surface area contributed by atoms with Gasteiger partial charge in [0.1, 0.15) is 12.4 Å². The average molecular weight is 236 g/mol. The van der Waals surface area contributed by atoms with Crippen LogP contribution in [0.5, 0.6) is 5.75 Å². The lowest BCUT2D eigenvalue weighted by atomic mass is 9.87. The first-order valence-corrected chi connectivity index (χ1v) is 6.24. The molecule has 0 amide bonds. The van der Waals surface area contributed by atoms with E-state index in [2.05, 4.69) is 32.9 Å². The summed E-state index contributed by atoms with van der Waals surface area (Å²) < 4.78 is 11.0. The molecular formula is C15H24O2. The van der Waals surface area contributed by atoms with E-state index in [-0.39, 0.29) is 11.5 Å². The lowest BCUT2D eigenvalue weighted by Crippen LogP contribution is -2.12. The molecule has 0 heterocycles. The highest BCUT2D eigenvalue weighted by Gasteiger charge is 2.12. The van der Waals surface area contributed by atoms with Crippen LogP contribution in [0.15, 0.2) is 24.3 Å². The predicted molar refractivity (Wildman–Crippen MR) is 71.7 cm³/mol. The number of hydrogen-bond acceptors (Lipinski definition) is 2. The largest absolute Gasteiger partial charge is 0.491 e. The highest BCUT2D eigenvalue weighted by molar-refractivity contribution is 5.31. The SMILES string of the molecule is CC(C)OCCOc1ccc(C(C)(C)C)cc1. The van der Waals surface area contributed by atoms with Crippen LogP contribution in [0.1, 0.15) is 40.2 Å². The predicted octanol–water partition coefficient (Wildman–Crippen LogP) is 3.79.